The molecule has 0 radical (unpaired) electrons. The number of nitrogens with zero attached hydrogens (tertiary/aromatic N) is 5. The molecule has 9 nitrogen and oxygen atoms in total. The van der Waals surface area contributed by atoms with Gasteiger partial charge in [-0.1, -0.05) is 5.16 Å². The van der Waals surface area contributed by atoms with E-state index in [1.165, 1.54) is 12.8 Å². The molecule has 0 bridgehead atoms. The Kier molecular flexibility index (Phi) is 3.14. The zero-order valence-electron chi connectivity index (χ0n) is 12.0. The number of carbonyl (C=O) groups is 1. The van der Waals surface area contributed by atoms with Crippen molar-refractivity contribution in [2.75, 3.05) is 6.54 Å². The number of amides is 1. The summed E-state index contributed by atoms with van der Waals surface area (Å²) < 4.78 is 5.18. The number of aromatic nitrogens is 5. The molecule has 0 aromatic carbocycles. The summed E-state index contributed by atoms with van der Waals surface area (Å²) in [5.74, 6) is 1.99. The van der Waals surface area contributed by atoms with Crippen molar-refractivity contribution in [3.63, 3.8) is 0 Å². The van der Waals surface area contributed by atoms with E-state index in [1.54, 1.807) is 0 Å². The monoisotopic (exact) mass is 303 g/mol. The molecule has 1 amide bonds. The molecule has 1 saturated carbocycles. The Morgan fingerprint density at radius 1 is 1.36 bits per heavy atom. The summed E-state index contributed by atoms with van der Waals surface area (Å²) in [7, 11) is 0. The van der Waals surface area contributed by atoms with E-state index < -0.39 is 5.91 Å². The molecule has 3 N–H and O–H groups in total. The van der Waals surface area contributed by atoms with E-state index in [0.717, 1.165) is 31.0 Å². The number of carbonyl (C=O) groups excluding carboxylic acids is 1. The van der Waals surface area contributed by atoms with E-state index in [0.29, 0.717) is 18.4 Å². The minimum atomic E-state index is -0.677. The largest absolute Gasteiger partial charge is 0.363 e. The van der Waals surface area contributed by atoms with Gasteiger partial charge in [0.15, 0.2) is 5.82 Å². The number of likely N-dealkylation sites (tertiary alicyclic amines) is 1. The second kappa shape index (κ2) is 5.16. The van der Waals surface area contributed by atoms with Crippen LogP contribution in [0.4, 0.5) is 0 Å². The van der Waals surface area contributed by atoms with Crippen molar-refractivity contribution < 1.29 is 9.32 Å². The first-order chi connectivity index (χ1) is 10.7. The van der Waals surface area contributed by atoms with Gasteiger partial charge in [0.1, 0.15) is 5.82 Å². The Labute approximate surface area is 126 Å². The number of hydrogen-bond donors (Lipinski definition) is 2. The van der Waals surface area contributed by atoms with Crippen LogP contribution in [0.25, 0.3) is 0 Å². The van der Waals surface area contributed by atoms with Gasteiger partial charge in [0.05, 0.1) is 12.6 Å². The molecular weight excluding hydrogens is 286 g/mol. The molecule has 9 heteroatoms. The molecule has 1 aliphatic heterocycles. The van der Waals surface area contributed by atoms with Crippen LogP contribution < -0.4 is 5.73 Å². The summed E-state index contributed by atoms with van der Waals surface area (Å²) >= 11 is 0. The quantitative estimate of drug-likeness (QED) is 0.823. The smallest absolute Gasteiger partial charge is 0.290 e. The normalized spacial score (nSPS) is 22.3. The first kappa shape index (κ1) is 13.4. The van der Waals surface area contributed by atoms with Crippen LogP contribution in [0.3, 0.4) is 0 Å². The lowest BCUT2D eigenvalue weighted by Crippen LogP contribution is -2.24. The standard InChI is InChI=1S/C13H17N7O2/c14-10(21)12-16-13(22-19-12)8-2-1-5-20(8)6-9-15-11(18-17-9)7-3-4-7/h7-8H,1-6H2,(H2,14,21)(H,15,17,18)/t8-/m0/s1. The lowest BCUT2D eigenvalue weighted by Gasteiger charge is -2.19. The lowest BCUT2D eigenvalue weighted by atomic mass is 10.2. The molecule has 2 fully saturated rings. The van der Waals surface area contributed by atoms with E-state index >= 15 is 0 Å². The van der Waals surface area contributed by atoms with Gasteiger partial charge in [-0.2, -0.15) is 10.1 Å². The van der Waals surface area contributed by atoms with E-state index in [-0.39, 0.29) is 11.9 Å². The van der Waals surface area contributed by atoms with Crippen molar-refractivity contribution in [1.82, 2.24) is 30.2 Å². The number of H-pyrrole nitrogens is 1. The predicted octanol–water partition coefficient (Wildman–Crippen LogP) is 0.501. The average molecular weight is 303 g/mol. The number of primary amides is 1. The highest BCUT2D eigenvalue weighted by Crippen LogP contribution is 2.38. The summed E-state index contributed by atoms with van der Waals surface area (Å²) in [4.78, 5) is 21.9. The van der Waals surface area contributed by atoms with Crippen molar-refractivity contribution in [2.45, 2.75) is 44.2 Å². The third-order valence-corrected chi connectivity index (χ3v) is 4.16. The Hall–Kier alpha value is -2.29. The van der Waals surface area contributed by atoms with Gasteiger partial charge in [0, 0.05) is 5.92 Å². The number of hydrogen-bond acceptors (Lipinski definition) is 7. The number of nitrogens with one attached hydrogen (secondary N) is 1. The maximum absolute atomic E-state index is 11.1. The third kappa shape index (κ3) is 2.47. The Balaban J connectivity index is 1.48. The van der Waals surface area contributed by atoms with Crippen molar-refractivity contribution >= 4 is 5.91 Å². The highest BCUT2D eigenvalue weighted by molar-refractivity contribution is 5.88. The Morgan fingerprint density at radius 2 is 2.23 bits per heavy atom. The van der Waals surface area contributed by atoms with Crippen LogP contribution in [-0.2, 0) is 6.54 Å². The molecule has 4 rings (SSSR count). The topological polar surface area (TPSA) is 127 Å². The molecule has 2 aromatic heterocycles. The first-order valence-corrected chi connectivity index (χ1v) is 7.49. The minimum absolute atomic E-state index is 0.00456. The highest BCUT2D eigenvalue weighted by Gasteiger charge is 2.33. The summed E-state index contributed by atoms with van der Waals surface area (Å²) in [5.41, 5.74) is 5.16. The van der Waals surface area contributed by atoms with Crippen molar-refractivity contribution in [1.29, 1.82) is 0 Å². The zero-order chi connectivity index (χ0) is 15.1. The summed E-state index contributed by atoms with van der Waals surface area (Å²) in [6.07, 6.45) is 4.30. The Bertz CT molecular complexity index is 690. The fourth-order valence-corrected chi connectivity index (χ4v) is 2.86. The van der Waals surface area contributed by atoms with Crippen molar-refractivity contribution in [2.24, 2.45) is 5.73 Å². The highest BCUT2D eigenvalue weighted by atomic mass is 16.5. The number of aromatic amines is 1. The second-order valence-corrected chi connectivity index (χ2v) is 5.86. The van der Waals surface area contributed by atoms with Gasteiger partial charge in [-0.05, 0) is 32.2 Å². The molecule has 1 aliphatic carbocycles. The fourth-order valence-electron chi connectivity index (χ4n) is 2.86. The molecule has 0 spiro atoms. The molecule has 3 heterocycles. The number of nitrogens with two attached hydrogens (primary N) is 1. The summed E-state index contributed by atoms with van der Waals surface area (Å²) in [6.45, 7) is 1.57. The van der Waals surface area contributed by atoms with Crippen molar-refractivity contribution in [3.8, 4) is 0 Å². The molecule has 22 heavy (non-hydrogen) atoms. The van der Waals surface area contributed by atoms with E-state index in [4.69, 9.17) is 10.3 Å². The van der Waals surface area contributed by atoms with Gasteiger partial charge in [-0.15, -0.1) is 0 Å². The van der Waals surface area contributed by atoms with Gasteiger partial charge in [-0.25, -0.2) is 4.98 Å². The van der Waals surface area contributed by atoms with Gasteiger partial charge in [0.2, 0.25) is 5.89 Å². The molecule has 1 atom stereocenters. The van der Waals surface area contributed by atoms with Crippen LogP contribution >= 0.6 is 0 Å². The summed E-state index contributed by atoms with van der Waals surface area (Å²) in [6, 6.07) is -0.00456. The zero-order valence-corrected chi connectivity index (χ0v) is 12.0. The molecule has 116 valence electrons. The van der Waals surface area contributed by atoms with Gasteiger partial charge in [0.25, 0.3) is 11.7 Å². The predicted molar refractivity (Wildman–Crippen MR) is 73.6 cm³/mol. The summed E-state index contributed by atoms with van der Waals surface area (Å²) in [5, 5.41) is 10.9. The third-order valence-electron chi connectivity index (χ3n) is 4.16. The average Bonchev–Trinajstić information content (AvgIpc) is 2.95. The Morgan fingerprint density at radius 3 is 2.95 bits per heavy atom. The lowest BCUT2D eigenvalue weighted by molar-refractivity contribution is 0.0987. The van der Waals surface area contributed by atoms with Crippen LogP contribution in [0.2, 0.25) is 0 Å². The van der Waals surface area contributed by atoms with Crippen LogP contribution in [0.5, 0.6) is 0 Å². The van der Waals surface area contributed by atoms with Gasteiger partial charge in [-0.3, -0.25) is 14.8 Å². The van der Waals surface area contributed by atoms with E-state index in [1.807, 2.05) is 0 Å². The van der Waals surface area contributed by atoms with Gasteiger partial charge >= 0.3 is 0 Å². The second-order valence-electron chi connectivity index (χ2n) is 5.86. The van der Waals surface area contributed by atoms with Crippen LogP contribution in [0, 0.1) is 0 Å². The molecular formula is C13H17N7O2. The minimum Gasteiger partial charge on any atom is -0.363 e. The maximum atomic E-state index is 11.1. The first-order valence-electron chi connectivity index (χ1n) is 7.49. The molecule has 0 unspecified atom stereocenters. The van der Waals surface area contributed by atoms with Crippen LogP contribution in [0.1, 0.15) is 65.8 Å². The molecule has 1 saturated heterocycles. The molecule has 2 aliphatic rings. The van der Waals surface area contributed by atoms with E-state index in [9.17, 15) is 4.79 Å². The van der Waals surface area contributed by atoms with E-state index in [2.05, 4.69) is 30.2 Å². The van der Waals surface area contributed by atoms with Gasteiger partial charge < -0.3 is 10.3 Å². The van der Waals surface area contributed by atoms with Crippen molar-refractivity contribution in [3.05, 3.63) is 23.4 Å². The van der Waals surface area contributed by atoms with Crippen LogP contribution in [0.15, 0.2) is 4.52 Å². The van der Waals surface area contributed by atoms with Crippen LogP contribution in [-0.4, -0.2) is 42.7 Å². The SMILES string of the molecule is NC(=O)c1noc([C@@H]2CCCN2Cc2nc(C3CC3)n[nH]2)n1. The number of rotatable bonds is 5. The fraction of sp³-hybridized carbons (Fsp3) is 0.615. The molecule has 2 aromatic rings. The maximum Gasteiger partial charge on any atom is 0.290 e.